The van der Waals surface area contributed by atoms with Crippen molar-refractivity contribution in [1.29, 1.82) is 0 Å². The van der Waals surface area contributed by atoms with Crippen LogP contribution in [0.25, 0.3) is 10.8 Å². The van der Waals surface area contributed by atoms with Gasteiger partial charge in [-0.25, -0.2) is 5.01 Å². The van der Waals surface area contributed by atoms with E-state index in [1.54, 1.807) is 44.9 Å². The van der Waals surface area contributed by atoms with Gasteiger partial charge < -0.3 is 54.2 Å². The van der Waals surface area contributed by atoms with Crippen molar-refractivity contribution in [3.05, 3.63) is 53.3 Å². The summed E-state index contributed by atoms with van der Waals surface area (Å²) in [5, 5.41) is 52.4. The molecule has 4 heterocycles. The van der Waals surface area contributed by atoms with Crippen LogP contribution in [0.1, 0.15) is 84.2 Å². The Hall–Kier alpha value is -5.20. The minimum Gasteiger partial charge on any atom is -0.507 e. The summed E-state index contributed by atoms with van der Waals surface area (Å²) < 4.78 is 35.6. The predicted molar refractivity (Wildman–Crippen MR) is 237 cm³/mol. The summed E-state index contributed by atoms with van der Waals surface area (Å²) >= 11 is 0. The number of hydrazine groups is 1. The molecular weight excluding hydrogens is 831 g/mol. The lowest BCUT2D eigenvalue weighted by Gasteiger charge is -2.38. The highest BCUT2D eigenvalue weighted by Gasteiger charge is 2.50. The van der Waals surface area contributed by atoms with Crippen LogP contribution >= 0.6 is 0 Å². The fourth-order valence-electron chi connectivity index (χ4n) is 8.49. The van der Waals surface area contributed by atoms with E-state index in [2.05, 4.69) is 5.32 Å². The number of fused-ring (bicyclic) bond motifs is 14. The number of phenols is 2. The lowest BCUT2D eigenvalue weighted by molar-refractivity contribution is -0.161. The summed E-state index contributed by atoms with van der Waals surface area (Å²) in [4.78, 5) is 54.7. The van der Waals surface area contributed by atoms with Crippen LogP contribution in [0.15, 0.2) is 42.2 Å². The lowest BCUT2D eigenvalue weighted by Crippen LogP contribution is -2.53. The SMILES string of the molecule is CCCCN(C(=O)COc1cc2c(O)c3c(O)c(C)c4c(c13)C(=O)[C@@](C)(O/C=C/[C@H](OC)[C@@H](C)[C@@H](OC(C)=O)[C@H](C)[C@H](O)[C@H](C)[C@@H](O)[C@@H](C)/C=C/C=C(/C)C(=O)N2)O4)N1CCOCC1. The standard InChI is InChI=1S/C47H65N3O14/c1-11-12-17-50(49-18-21-60-22-19-49)35(52)24-61-34-23-32-42(56)37-36(34)38-44(30(7)41(37)55)64-47(9,45(38)57)62-20-16-33(59-10)27(4)43(63-31(8)51)29(6)40(54)28(5)39(53)25(2)14-13-15-26(3)46(58)48-32/h13-16,20,23,25,27-29,33,39-40,43,53-56H,11-12,17-19,21-22,24H2,1-10H3,(H,48,58)/b14-13+,20-16+,26-15-/t25-,27+,28+,29+,33-,39-,40+,43+,47-/m0/s1. The number of carbonyl (C=O) groups is 4. The molecule has 0 spiro atoms. The van der Waals surface area contributed by atoms with Gasteiger partial charge in [0.1, 0.15) is 23.4 Å². The zero-order valence-electron chi connectivity index (χ0n) is 38.5. The van der Waals surface area contributed by atoms with Crippen molar-refractivity contribution in [3.8, 4) is 23.0 Å². The highest BCUT2D eigenvalue weighted by atomic mass is 16.7. The maximum atomic E-state index is 14.7. The van der Waals surface area contributed by atoms with Gasteiger partial charge in [-0.3, -0.25) is 24.2 Å². The number of unbranched alkanes of at least 4 members (excludes halogenated alkanes) is 1. The smallest absolute Gasteiger partial charge is 0.312 e. The Morgan fingerprint density at radius 1 is 0.984 bits per heavy atom. The summed E-state index contributed by atoms with van der Waals surface area (Å²) in [6, 6.07) is 1.28. The number of anilines is 1. The maximum absolute atomic E-state index is 14.7. The number of ether oxygens (including phenoxy) is 6. The third kappa shape index (κ3) is 10.5. The van der Waals surface area contributed by atoms with Crippen LogP contribution in [0.5, 0.6) is 23.0 Å². The van der Waals surface area contributed by atoms with Crippen LogP contribution in [0, 0.1) is 30.6 Å². The summed E-state index contributed by atoms with van der Waals surface area (Å²) in [6.07, 6.45) is 5.14. The molecule has 6 rings (SSSR count). The molecule has 2 aromatic carbocycles. The van der Waals surface area contributed by atoms with E-state index in [4.69, 9.17) is 28.4 Å². The zero-order valence-corrected chi connectivity index (χ0v) is 38.5. The lowest BCUT2D eigenvalue weighted by atomic mass is 9.78. The van der Waals surface area contributed by atoms with Crippen molar-refractivity contribution in [1.82, 2.24) is 10.0 Å². The number of aromatic hydroxyl groups is 2. The van der Waals surface area contributed by atoms with Crippen LogP contribution in [0.2, 0.25) is 0 Å². The van der Waals surface area contributed by atoms with Crippen LogP contribution in [0.4, 0.5) is 5.69 Å². The third-order valence-corrected chi connectivity index (χ3v) is 12.5. The number of hydrogen-bond donors (Lipinski definition) is 5. The van der Waals surface area contributed by atoms with Gasteiger partial charge in [0.25, 0.3) is 17.6 Å². The molecule has 0 aromatic heterocycles. The number of ketones is 1. The summed E-state index contributed by atoms with van der Waals surface area (Å²) in [5.41, 5.74) is -0.0301. The number of allylic oxidation sites excluding steroid dienone is 2. The monoisotopic (exact) mass is 895 g/mol. The van der Waals surface area contributed by atoms with Crippen LogP contribution < -0.4 is 14.8 Å². The Kier molecular flexibility index (Phi) is 16.5. The topological polar surface area (TPSA) is 223 Å². The molecule has 0 unspecified atom stereocenters. The molecule has 4 aliphatic heterocycles. The van der Waals surface area contributed by atoms with Gasteiger partial charge in [-0.2, -0.15) is 0 Å². The third-order valence-electron chi connectivity index (χ3n) is 12.5. The van der Waals surface area contributed by atoms with Crippen LogP contribution in [-0.2, 0) is 33.3 Å². The number of aliphatic hydroxyl groups excluding tert-OH is 2. The second kappa shape index (κ2) is 21.2. The second-order valence-electron chi connectivity index (χ2n) is 17.1. The van der Waals surface area contributed by atoms with E-state index in [1.165, 1.54) is 59.3 Å². The van der Waals surface area contributed by atoms with Gasteiger partial charge in [-0.15, -0.1) is 0 Å². The average molecular weight is 896 g/mol. The first-order chi connectivity index (χ1) is 30.3. The first-order valence-corrected chi connectivity index (χ1v) is 21.9. The molecule has 4 aliphatic rings. The van der Waals surface area contributed by atoms with Crippen LogP contribution in [0.3, 0.4) is 0 Å². The molecule has 17 heteroatoms. The predicted octanol–water partition coefficient (Wildman–Crippen LogP) is 5.30. The van der Waals surface area contributed by atoms with Crippen LogP contribution in [-0.4, -0.2) is 131 Å². The van der Waals surface area contributed by atoms with E-state index in [0.717, 1.165) is 12.8 Å². The fourth-order valence-corrected chi connectivity index (χ4v) is 8.49. The number of aliphatic hydroxyl groups is 2. The molecule has 2 amide bonds. The maximum Gasteiger partial charge on any atom is 0.312 e. The number of methoxy groups -OCH3 is 1. The Bertz CT molecular complexity index is 2150. The van der Waals surface area contributed by atoms with E-state index in [1.807, 2.05) is 11.9 Å². The van der Waals surface area contributed by atoms with Gasteiger partial charge in [-0.1, -0.05) is 59.3 Å². The van der Waals surface area contributed by atoms with Gasteiger partial charge in [0.05, 0.1) is 54.4 Å². The molecule has 9 atom stereocenters. The number of Topliss-reactive ketones (excluding diaryl/α,β-unsaturated/α-hetero) is 1. The zero-order chi connectivity index (χ0) is 47.2. The summed E-state index contributed by atoms with van der Waals surface area (Å²) in [6.45, 7) is 16.4. The van der Waals surface area contributed by atoms with Crippen molar-refractivity contribution >= 4 is 40.0 Å². The molecule has 0 aliphatic carbocycles. The Morgan fingerprint density at radius 3 is 2.31 bits per heavy atom. The van der Waals surface area contributed by atoms with Gasteiger partial charge in [0.2, 0.25) is 0 Å². The molecule has 5 N–H and O–H groups in total. The number of nitrogens with one attached hydrogen (secondary N) is 1. The molecule has 1 saturated heterocycles. The molecule has 352 valence electrons. The van der Waals surface area contributed by atoms with Gasteiger partial charge in [0.15, 0.2) is 12.4 Å². The average Bonchev–Trinajstić information content (AvgIpc) is 3.54. The molecular formula is C47H65N3O14. The molecule has 64 heavy (non-hydrogen) atoms. The number of carbonyl (C=O) groups excluding carboxylic acids is 4. The number of phenolic OH excluding ortho intramolecular Hbond substituents is 2. The van der Waals surface area contributed by atoms with Crippen molar-refractivity contribution in [2.75, 3.05) is 51.9 Å². The van der Waals surface area contributed by atoms with E-state index in [-0.39, 0.29) is 44.7 Å². The summed E-state index contributed by atoms with van der Waals surface area (Å²) in [7, 11) is 1.44. The van der Waals surface area contributed by atoms with Crippen molar-refractivity contribution in [3.63, 3.8) is 0 Å². The highest BCUT2D eigenvalue weighted by molar-refractivity contribution is 6.21. The first kappa shape index (κ1) is 49.8. The Morgan fingerprint density at radius 2 is 1.67 bits per heavy atom. The number of hydrogen-bond acceptors (Lipinski definition) is 15. The minimum absolute atomic E-state index is 0.0628. The Labute approximate surface area is 374 Å². The quantitative estimate of drug-likeness (QED) is 0.159. The van der Waals surface area contributed by atoms with E-state index >= 15 is 0 Å². The number of nitrogens with zero attached hydrogens (tertiary/aromatic N) is 2. The number of amides is 2. The number of benzene rings is 2. The molecule has 2 aromatic rings. The normalized spacial score (nSPS) is 30.2. The first-order valence-electron chi connectivity index (χ1n) is 21.9. The molecule has 0 saturated carbocycles. The van der Waals surface area contributed by atoms with Crippen molar-refractivity contribution in [2.45, 2.75) is 105 Å². The molecule has 0 radical (unpaired) electrons. The van der Waals surface area contributed by atoms with Crippen molar-refractivity contribution < 1.29 is 68.0 Å². The second-order valence-corrected chi connectivity index (χ2v) is 17.1. The summed E-state index contributed by atoms with van der Waals surface area (Å²) in [5.74, 6) is -8.13. The molecule has 5 bridgehead atoms. The van der Waals surface area contributed by atoms with E-state index in [9.17, 15) is 39.6 Å². The molecule has 1 fully saturated rings. The van der Waals surface area contributed by atoms with E-state index < -0.39 is 95.5 Å². The minimum atomic E-state index is -2.04. The van der Waals surface area contributed by atoms with E-state index in [0.29, 0.717) is 32.8 Å². The van der Waals surface area contributed by atoms with Crippen molar-refractivity contribution in [2.24, 2.45) is 23.7 Å². The molecule has 17 nitrogen and oxygen atoms in total. The fraction of sp³-hybridized carbons (Fsp3) is 0.574. The van der Waals surface area contributed by atoms with Gasteiger partial charge >= 0.3 is 11.8 Å². The number of rotatable bonds is 9. The highest BCUT2D eigenvalue weighted by Crippen LogP contribution is 2.54. The van der Waals surface area contributed by atoms with Gasteiger partial charge in [-0.05, 0) is 26.3 Å². The van der Waals surface area contributed by atoms with Gasteiger partial charge in [0, 0.05) is 86.9 Å². The number of esters is 1. The number of morpholine rings is 1. The largest absolute Gasteiger partial charge is 0.507 e. The Balaban J connectivity index is 1.66.